The fourth-order valence-corrected chi connectivity index (χ4v) is 11.3. The Bertz CT molecular complexity index is 2100. The van der Waals surface area contributed by atoms with Crippen molar-refractivity contribution in [3.63, 3.8) is 0 Å². The molecule has 12 nitrogen and oxygen atoms in total. The van der Waals surface area contributed by atoms with Crippen LogP contribution in [0.5, 0.6) is 11.5 Å². The molecule has 2 N–H and O–H groups in total. The van der Waals surface area contributed by atoms with Crippen LogP contribution in [-0.2, 0) is 14.4 Å². The fourth-order valence-electron chi connectivity index (χ4n) is 8.41. The Hall–Kier alpha value is -4.95. The van der Waals surface area contributed by atoms with Crippen LogP contribution in [0.1, 0.15) is 28.3 Å². The standard InChI is InChI=1S/C35H30N4O8S2/c1-16-5-3-4-6-22(16)36-25(40)15-47-23-12-7-17(13-24(23)46-2)26-27-20-14-21(30(27)48-32-31(26)49-35(43)37-32)29-28(20)33(41)38(34(29)42)18-8-10-19(11-9-18)39(44)45/h3-13,20-21,26-30H,14-15H2,1-2H3,(H,36,40)(H,37,43)/t20-,21-,26+,27-,28+,29+,30-/m1/s1. The smallest absolute Gasteiger partial charge is 0.305 e. The number of ether oxygens (including phenoxy) is 2. The number of nitro groups is 1. The van der Waals surface area contributed by atoms with Gasteiger partial charge >= 0.3 is 4.87 Å². The molecular weight excluding hydrogens is 669 g/mol. The number of carbonyl (C=O) groups is 3. The van der Waals surface area contributed by atoms with E-state index in [0.29, 0.717) is 29.3 Å². The van der Waals surface area contributed by atoms with E-state index in [1.165, 1.54) is 36.3 Å². The number of aromatic amines is 1. The minimum atomic E-state index is -0.523. The number of carbonyl (C=O) groups excluding carboxylic acids is 3. The molecule has 3 heterocycles. The summed E-state index contributed by atoms with van der Waals surface area (Å²) < 4.78 is 11.6. The van der Waals surface area contributed by atoms with Gasteiger partial charge in [0, 0.05) is 33.9 Å². The number of hydrogen-bond acceptors (Lipinski definition) is 10. The van der Waals surface area contributed by atoms with E-state index < -0.39 is 16.8 Å². The van der Waals surface area contributed by atoms with Gasteiger partial charge in [-0.2, -0.15) is 0 Å². The third-order valence-electron chi connectivity index (χ3n) is 10.4. The number of non-ortho nitro benzene ring substituents is 1. The Labute approximate surface area is 288 Å². The summed E-state index contributed by atoms with van der Waals surface area (Å²) in [7, 11) is 1.52. The number of thioether (sulfide) groups is 1. The number of aryl methyl sites for hydroxylation is 1. The van der Waals surface area contributed by atoms with Gasteiger partial charge in [-0.3, -0.25) is 34.2 Å². The average molecular weight is 699 g/mol. The normalized spacial score (nSPS) is 26.2. The number of nitrogens with one attached hydrogen (secondary N) is 2. The zero-order valence-corrected chi connectivity index (χ0v) is 27.9. The highest BCUT2D eigenvalue weighted by Gasteiger charge is 2.69. The predicted octanol–water partition coefficient (Wildman–Crippen LogP) is 5.36. The number of para-hydroxylation sites is 1. The zero-order valence-electron chi connectivity index (χ0n) is 26.3. The number of thiazole rings is 1. The Kier molecular flexibility index (Phi) is 7.59. The van der Waals surface area contributed by atoms with E-state index in [1.807, 2.05) is 43.3 Å². The summed E-state index contributed by atoms with van der Waals surface area (Å²) in [5, 5.41) is 14.8. The van der Waals surface area contributed by atoms with Crippen LogP contribution >= 0.6 is 23.1 Å². The first-order valence-electron chi connectivity index (χ1n) is 15.8. The van der Waals surface area contributed by atoms with E-state index in [1.54, 1.807) is 17.8 Å². The predicted molar refractivity (Wildman–Crippen MR) is 182 cm³/mol. The SMILES string of the molecule is COc1cc([C@@H]2c3sc(=O)[nH]c3S[C@@H]3[C@@H]4C[C@@H]([C@@H]5C(=O)N(c6ccc([N+](=O)[O-])cc6)C(=O)[C@@H]45)[C@H]23)ccc1OCC(=O)Nc1ccccc1C. The fraction of sp³-hybridized carbons (Fsp3) is 0.314. The molecule has 49 heavy (non-hydrogen) atoms. The lowest BCUT2D eigenvalue weighted by molar-refractivity contribution is -0.384. The molecule has 2 aliphatic heterocycles. The summed E-state index contributed by atoms with van der Waals surface area (Å²) in [6.45, 7) is 1.68. The second-order valence-corrected chi connectivity index (χ2v) is 15.0. The molecule has 8 rings (SSSR count). The summed E-state index contributed by atoms with van der Waals surface area (Å²) in [6.07, 6.45) is 0.716. The van der Waals surface area contributed by atoms with Crippen molar-refractivity contribution < 1.29 is 28.8 Å². The minimum Gasteiger partial charge on any atom is -0.493 e. The monoisotopic (exact) mass is 698 g/mol. The number of rotatable bonds is 8. The van der Waals surface area contributed by atoms with Gasteiger partial charge in [-0.25, -0.2) is 0 Å². The van der Waals surface area contributed by atoms with Crippen molar-refractivity contribution in [1.82, 2.24) is 4.98 Å². The largest absolute Gasteiger partial charge is 0.493 e. The number of nitrogens with zero attached hydrogens (tertiary/aromatic N) is 2. The van der Waals surface area contributed by atoms with Crippen molar-refractivity contribution >= 4 is 57.9 Å². The van der Waals surface area contributed by atoms with Crippen molar-refractivity contribution in [2.45, 2.75) is 29.5 Å². The molecule has 3 aromatic carbocycles. The number of anilines is 2. The second kappa shape index (κ2) is 11.9. The molecule has 1 saturated heterocycles. The van der Waals surface area contributed by atoms with Crippen LogP contribution in [0.15, 0.2) is 76.6 Å². The Balaban J connectivity index is 1.09. The lowest BCUT2D eigenvalue weighted by Crippen LogP contribution is -2.42. The number of methoxy groups -OCH3 is 1. The molecule has 2 aliphatic carbocycles. The van der Waals surface area contributed by atoms with E-state index in [-0.39, 0.29) is 63.8 Å². The summed E-state index contributed by atoms with van der Waals surface area (Å²) in [5.74, 6) is -1.56. The third kappa shape index (κ3) is 5.03. The van der Waals surface area contributed by atoms with Crippen LogP contribution in [0.4, 0.5) is 17.1 Å². The molecule has 2 bridgehead atoms. The van der Waals surface area contributed by atoms with E-state index in [0.717, 1.165) is 32.4 Å². The zero-order chi connectivity index (χ0) is 34.1. The Morgan fingerprint density at radius 2 is 1.76 bits per heavy atom. The van der Waals surface area contributed by atoms with Gasteiger partial charge in [0.25, 0.3) is 11.6 Å². The number of aromatic nitrogens is 1. The van der Waals surface area contributed by atoms with Crippen LogP contribution in [0, 0.1) is 46.6 Å². The molecule has 0 spiro atoms. The molecule has 7 atom stereocenters. The van der Waals surface area contributed by atoms with E-state index >= 15 is 0 Å². The van der Waals surface area contributed by atoms with Gasteiger partial charge in [0.05, 0.1) is 34.6 Å². The molecule has 4 aliphatic rings. The highest BCUT2D eigenvalue weighted by molar-refractivity contribution is 8.00. The molecule has 2 saturated carbocycles. The van der Waals surface area contributed by atoms with Gasteiger partial charge in [0.2, 0.25) is 11.8 Å². The average Bonchev–Trinajstić information content (AvgIpc) is 3.83. The number of amides is 3. The molecular formula is C35H30N4O8S2. The van der Waals surface area contributed by atoms with Crippen molar-refractivity contribution in [3.8, 4) is 11.5 Å². The van der Waals surface area contributed by atoms with Crippen LogP contribution in [0.2, 0.25) is 0 Å². The number of benzene rings is 3. The van der Waals surface area contributed by atoms with Crippen molar-refractivity contribution in [2.24, 2.45) is 29.6 Å². The molecule has 0 unspecified atom stereocenters. The van der Waals surface area contributed by atoms with Crippen molar-refractivity contribution in [2.75, 3.05) is 23.9 Å². The number of imide groups is 1. The lowest BCUT2D eigenvalue weighted by atomic mass is 9.68. The van der Waals surface area contributed by atoms with Crippen LogP contribution < -0.4 is 24.6 Å². The lowest BCUT2D eigenvalue weighted by Gasteiger charge is -2.43. The molecule has 250 valence electrons. The van der Waals surface area contributed by atoms with Gasteiger partial charge in [-0.05, 0) is 72.6 Å². The highest BCUT2D eigenvalue weighted by Crippen LogP contribution is 2.68. The second-order valence-electron chi connectivity index (χ2n) is 12.8. The highest BCUT2D eigenvalue weighted by atomic mass is 32.2. The first kappa shape index (κ1) is 31.3. The van der Waals surface area contributed by atoms with Gasteiger partial charge in [-0.1, -0.05) is 35.6 Å². The van der Waals surface area contributed by atoms with Crippen molar-refractivity contribution in [3.05, 3.63) is 103 Å². The molecule has 1 aromatic heterocycles. The Morgan fingerprint density at radius 3 is 2.47 bits per heavy atom. The molecule has 3 amide bonds. The summed E-state index contributed by atoms with van der Waals surface area (Å²) >= 11 is 2.74. The van der Waals surface area contributed by atoms with E-state index in [4.69, 9.17) is 9.47 Å². The number of fused-ring (bicyclic) bond motifs is 9. The molecule has 0 radical (unpaired) electrons. The van der Waals surface area contributed by atoms with Crippen molar-refractivity contribution in [1.29, 1.82) is 0 Å². The summed E-state index contributed by atoms with van der Waals surface area (Å²) in [4.78, 5) is 68.9. The first-order chi connectivity index (χ1) is 23.6. The van der Waals surface area contributed by atoms with Gasteiger partial charge in [0.15, 0.2) is 18.1 Å². The summed E-state index contributed by atoms with van der Waals surface area (Å²) in [5.41, 5.74) is 2.73. The van der Waals surface area contributed by atoms with Gasteiger partial charge < -0.3 is 19.8 Å². The van der Waals surface area contributed by atoms with E-state index in [2.05, 4.69) is 10.3 Å². The van der Waals surface area contributed by atoms with Crippen LogP contribution in [0.3, 0.4) is 0 Å². The van der Waals surface area contributed by atoms with Crippen LogP contribution in [0.25, 0.3) is 0 Å². The summed E-state index contributed by atoms with van der Waals surface area (Å²) in [6, 6.07) is 18.5. The van der Waals surface area contributed by atoms with Crippen LogP contribution in [-0.4, -0.2) is 46.6 Å². The number of nitro benzene ring substituents is 1. The molecule has 3 fully saturated rings. The Morgan fingerprint density at radius 1 is 1.02 bits per heavy atom. The maximum Gasteiger partial charge on any atom is 0.305 e. The van der Waals surface area contributed by atoms with Gasteiger partial charge in [-0.15, -0.1) is 11.8 Å². The topological polar surface area (TPSA) is 161 Å². The maximum atomic E-state index is 14.0. The molecule has 14 heteroatoms. The number of H-pyrrole nitrogens is 1. The third-order valence-corrected chi connectivity index (χ3v) is 13.0. The quantitative estimate of drug-likeness (QED) is 0.140. The van der Waals surface area contributed by atoms with Gasteiger partial charge in [0.1, 0.15) is 0 Å². The van der Waals surface area contributed by atoms with E-state index in [9.17, 15) is 29.3 Å². The maximum absolute atomic E-state index is 14.0. The molecule has 4 aromatic rings. The minimum absolute atomic E-state index is 0.0189. The first-order valence-corrected chi connectivity index (χ1v) is 17.5. The number of hydrogen-bond donors (Lipinski definition) is 2.